The maximum absolute atomic E-state index is 11.3. The predicted molar refractivity (Wildman–Crippen MR) is 97.8 cm³/mol. The fourth-order valence-electron chi connectivity index (χ4n) is 2.47. The van der Waals surface area contributed by atoms with E-state index in [4.69, 9.17) is 4.74 Å². The number of rotatable bonds is 15. The summed E-state index contributed by atoms with van der Waals surface area (Å²) in [5.41, 5.74) is -0.988. The third-order valence-corrected chi connectivity index (χ3v) is 4.26. The van der Waals surface area contributed by atoms with E-state index in [9.17, 15) is 9.90 Å². The van der Waals surface area contributed by atoms with Crippen molar-refractivity contribution < 1.29 is 14.6 Å². The molecule has 0 amide bonds. The molecule has 0 spiro atoms. The van der Waals surface area contributed by atoms with Crippen LogP contribution in [0, 0.1) is 0 Å². The van der Waals surface area contributed by atoms with Crippen LogP contribution in [-0.4, -0.2) is 23.3 Å². The maximum atomic E-state index is 11.3. The summed E-state index contributed by atoms with van der Waals surface area (Å²) >= 11 is 0. The van der Waals surface area contributed by atoms with E-state index in [-0.39, 0.29) is 0 Å². The minimum absolute atomic E-state index is 0.517. The van der Waals surface area contributed by atoms with Crippen molar-refractivity contribution in [3.05, 3.63) is 24.3 Å². The number of aliphatic carboxylic acids is 1. The molecule has 3 nitrogen and oxygen atoms in total. The first-order chi connectivity index (χ1) is 11.1. The van der Waals surface area contributed by atoms with Crippen LogP contribution in [0.1, 0.15) is 85.0 Å². The molecule has 0 aliphatic heterocycles. The number of unbranched alkanes of at least 4 members (excludes halogenated alkanes) is 5. The van der Waals surface area contributed by atoms with Crippen molar-refractivity contribution in [2.24, 2.45) is 0 Å². The van der Waals surface area contributed by atoms with Crippen LogP contribution >= 0.6 is 0 Å². The molecule has 0 heterocycles. The van der Waals surface area contributed by atoms with E-state index < -0.39 is 11.6 Å². The highest BCUT2D eigenvalue weighted by Gasteiger charge is 2.35. The minimum Gasteiger partial charge on any atom is -0.479 e. The molecule has 0 aliphatic carbocycles. The Morgan fingerprint density at radius 3 is 1.96 bits per heavy atom. The van der Waals surface area contributed by atoms with Crippen LogP contribution in [0.4, 0.5) is 0 Å². The van der Waals surface area contributed by atoms with E-state index in [1.54, 1.807) is 0 Å². The number of carboxylic acid groups (broad SMARTS) is 1. The van der Waals surface area contributed by atoms with Crippen LogP contribution in [-0.2, 0) is 9.53 Å². The average Bonchev–Trinajstić information content (AvgIpc) is 2.55. The van der Waals surface area contributed by atoms with E-state index in [1.807, 2.05) is 13.8 Å². The summed E-state index contributed by atoms with van der Waals surface area (Å²) in [4.78, 5) is 11.3. The number of allylic oxidation sites excluding steroid dienone is 4. The molecule has 0 aromatic heterocycles. The molecular formula is C20H36O3. The van der Waals surface area contributed by atoms with Gasteiger partial charge in [0.05, 0.1) is 0 Å². The fraction of sp³-hybridized carbons (Fsp3) is 0.750. The van der Waals surface area contributed by atoms with Crippen molar-refractivity contribution in [2.45, 2.75) is 90.6 Å². The highest BCUT2D eigenvalue weighted by molar-refractivity contribution is 5.77. The van der Waals surface area contributed by atoms with E-state index in [0.29, 0.717) is 19.4 Å². The Kier molecular flexibility index (Phi) is 13.8. The minimum atomic E-state index is -0.988. The summed E-state index contributed by atoms with van der Waals surface area (Å²) in [5, 5.41) is 9.27. The second-order valence-electron chi connectivity index (χ2n) is 6.03. The normalized spacial score (nSPS) is 12.5. The quantitative estimate of drug-likeness (QED) is 0.301. The number of ether oxygens (including phenoxy) is 1. The number of hydrogen-bond acceptors (Lipinski definition) is 2. The first-order valence-electron chi connectivity index (χ1n) is 9.30. The van der Waals surface area contributed by atoms with E-state index in [0.717, 1.165) is 25.7 Å². The summed E-state index contributed by atoms with van der Waals surface area (Å²) in [5.74, 6) is -0.840. The first-order valence-corrected chi connectivity index (χ1v) is 9.30. The smallest absolute Gasteiger partial charge is 0.335 e. The van der Waals surface area contributed by atoms with E-state index >= 15 is 0 Å². The highest BCUT2D eigenvalue weighted by Crippen LogP contribution is 2.21. The van der Waals surface area contributed by atoms with Gasteiger partial charge in [0.2, 0.25) is 0 Å². The van der Waals surface area contributed by atoms with Crippen LogP contribution in [0.5, 0.6) is 0 Å². The number of carboxylic acids is 1. The van der Waals surface area contributed by atoms with Gasteiger partial charge in [0.15, 0.2) is 5.60 Å². The molecule has 0 saturated carbocycles. The Balaban J connectivity index is 3.65. The van der Waals surface area contributed by atoms with E-state index in [2.05, 4.69) is 31.2 Å². The maximum Gasteiger partial charge on any atom is 0.335 e. The first kappa shape index (κ1) is 21.9. The van der Waals surface area contributed by atoms with Gasteiger partial charge >= 0.3 is 5.97 Å². The van der Waals surface area contributed by atoms with Gasteiger partial charge in [-0.05, 0) is 51.4 Å². The lowest BCUT2D eigenvalue weighted by atomic mass is 9.97. The molecule has 0 bridgehead atoms. The van der Waals surface area contributed by atoms with Crippen LogP contribution in [0.3, 0.4) is 0 Å². The lowest BCUT2D eigenvalue weighted by Gasteiger charge is -2.27. The second-order valence-corrected chi connectivity index (χ2v) is 6.03. The second kappa shape index (κ2) is 14.5. The molecule has 0 saturated heterocycles. The standard InChI is InChI=1S/C20H36O3/c1-4-7-8-9-10-11-12-13-14-15-16-17-18-23-20(5-2,6-3)19(21)22/h10-11,13-14H,4-9,12,15-18H2,1-3H3,(H,21,22)/b11-10-,14-13-. The molecule has 0 radical (unpaired) electrons. The van der Waals surface area contributed by atoms with Crippen LogP contribution in [0.25, 0.3) is 0 Å². The third kappa shape index (κ3) is 10.3. The highest BCUT2D eigenvalue weighted by atomic mass is 16.5. The fourth-order valence-corrected chi connectivity index (χ4v) is 2.47. The summed E-state index contributed by atoms with van der Waals surface area (Å²) in [7, 11) is 0. The van der Waals surface area contributed by atoms with Crippen LogP contribution < -0.4 is 0 Å². The van der Waals surface area contributed by atoms with Gasteiger partial charge in [-0.25, -0.2) is 4.79 Å². The molecule has 1 N–H and O–H groups in total. The molecule has 0 atom stereocenters. The molecule has 23 heavy (non-hydrogen) atoms. The SMILES string of the molecule is CCCCC/C=C\C/C=C\CCCCOC(CC)(CC)C(=O)O. The van der Waals surface area contributed by atoms with Gasteiger partial charge in [-0.1, -0.05) is 57.9 Å². The molecular weight excluding hydrogens is 288 g/mol. The largest absolute Gasteiger partial charge is 0.479 e. The number of carbonyl (C=O) groups is 1. The van der Waals surface area contributed by atoms with Gasteiger partial charge < -0.3 is 9.84 Å². The van der Waals surface area contributed by atoms with Crippen molar-refractivity contribution >= 4 is 5.97 Å². The van der Waals surface area contributed by atoms with Gasteiger partial charge in [0, 0.05) is 6.61 Å². The molecule has 0 unspecified atom stereocenters. The summed E-state index contributed by atoms with van der Waals surface area (Å²) in [6.45, 7) is 6.50. The molecule has 0 fully saturated rings. The van der Waals surface area contributed by atoms with Crippen molar-refractivity contribution in [1.82, 2.24) is 0 Å². The molecule has 0 aliphatic rings. The predicted octanol–water partition coefficient (Wildman–Crippen LogP) is 5.90. The zero-order chi connectivity index (χ0) is 17.4. The Labute approximate surface area is 142 Å². The summed E-state index contributed by atoms with van der Waals surface area (Å²) in [6, 6.07) is 0. The topological polar surface area (TPSA) is 46.5 Å². The molecule has 3 heteroatoms. The number of hydrogen-bond donors (Lipinski definition) is 1. The lowest BCUT2D eigenvalue weighted by molar-refractivity contribution is -0.167. The summed E-state index contributed by atoms with van der Waals surface area (Å²) < 4.78 is 5.65. The Bertz CT molecular complexity index is 341. The lowest BCUT2D eigenvalue weighted by Crippen LogP contribution is -2.40. The molecule has 0 rings (SSSR count). The molecule has 134 valence electrons. The van der Waals surface area contributed by atoms with Gasteiger partial charge in [-0.2, -0.15) is 0 Å². The zero-order valence-electron chi connectivity index (χ0n) is 15.4. The molecule has 0 aromatic rings. The van der Waals surface area contributed by atoms with Gasteiger partial charge in [-0.3, -0.25) is 0 Å². The van der Waals surface area contributed by atoms with Crippen LogP contribution in [0.15, 0.2) is 24.3 Å². The van der Waals surface area contributed by atoms with Crippen molar-refractivity contribution in [1.29, 1.82) is 0 Å². The summed E-state index contributed by atoms with van der Waals surface area (Å²) in [6.07, 6.45) is 19.0. The average molecular weight is 325 g/mol. The Morgan fingerprint density at radius 1 is 0.913 bits per heavy atom. The Hall–Kier alpha value is -1.09. The zero-order valence-corrected chi connectivity index (χ0v) is 15.4. The third-order valence-electron chi connectivity index (χ3n) is 4.26. The van der Waals surface area contributed by atoms with E-state index in [1.165, 1.54) is 25.7 Å². The van der Waals surface area contributed by atoms with Crippen molar-refractivity contribution in [2.75, 3.05) is 6.61 Å². The monoisotopic (exact) mass is 324 g/mol. The van der Waals surface area contributed by atoms with Crippen molar-refractivity contribution in [3.63, 3.8) is 0 Å². The van der Waals surface area contributed by atoms with Gasteiger partial charge in [0.1, 0.15) is 0 Å². The Morgan fingerprint density at radius 2 is 1.48 bits per heavy atom. The molecule has 0 aromatic carbocycles. The van der Waals surface area contributed by atoms with Gasteiger partial charge in [0.25, 0.3) is 0 Å². The van der Waals surface area contributed by atoms with Gasteiger partial charge in [-0.15, -0.1) is 0 Å². The van der Waals surface area contributed by atoms with Crippen molar-refractivity contribution in [3.8, 4) is 0 Å². The van der Waals surface area contributed by atoms with Crippen LogP contribution in [0.2, 0.25) is 0 Å².